The fraction of sp³-hybridized carbons (Fsp3) is 0.273. The van der Waals surface area contributed by atoms with Crippen LogP contribution in [-0.4, -0.2) is 35.3 Å². The van der Waals surface area contributed by atoms with Crippen molar-refractivity contribution in [2.75, 3.05) is 25.6 Å². The summed E-state index contributed by atoms with van der Waals surface area (Å²) in [7, 11) is 1.67. The van der Waals surface area contributed by atoms with E-state index in [0.717, 1.165) is 27.7 Å². The van der Waals surface area contributed by atoms with Crippen LogP contribution in [0.25, 0.3) is 10.9 Å². The summed E-state index contributed by atoms with van der Waals surface area (Å²) in [6.07, 6.45) is 0. The van der Waals surface area contributed by atoms with Crippen molar-refractivity contribution in [1.29, 1.82) is 0 Å². The topological polar surface area (TPSA) is 37.4 Å². The highest BCUT2D eigenvalue weighted by Crippen LogP contribution is 2.26. The standard InChI is InChI=1S/C22H23Cl2N3OS/c1-14-7-8-16-11-17(21(24)26-20(16)15(14)2)13-27(9-10-28-3)22(29)25-19-6-4-5-18(23)12-19/h4-8,11-12H,9-10,13H2,1-3H3,(H,25,29). The first-order chi connectivity index (χ1) is 13.9. The Labute approximate surface area is 186 Å². The average molecular weight is 448 g/mol. The van der Waals surface area contributed by atoms with Gasteiger partial charge in [-0.05, 0) is 61.5 Å². The second-order valence-electron chi connectivity index (χ2n) is 6.87. The quantitative estimate of drug-likeness (QED) is 0.370. The number of anilines is 1. The van der Waals surface area contributed by atoms with E-state index in [2.05, 4.69) is 42.3 Å². The molecule has 1 N–H and O–H groups in total. The van der Waals surface area contributed by atoms with E-state index in [-0.39, 0.29) is 0 Å². The number of rotatable bonds is 6. The highest BCUT2D eigenvalue weighted by Gasteiger charge is 2.15. The SMILES string of the molecule is COCCN(Cc1cc2ccc(C)c(C)c2nc1Cl)C(=S)Nc1cccc(Cl)c1. The minimum absolute atomic E-state index is 0.485. The molecule has 0 fully saturated rings. The Morgan fingerprint density at radius 2 is 1.97 bits per heavy atom. The number of hydrogen-bond donors (Lipinski definition) is 1. The lowest BCUT2D eigenvalue weighted by molar-refractivity contribution is 0.175. The number of methoxy groups -OCH3 is 1. The van der Waals surface area contributed by atoms with Gasteiger partial charge in [-0.1, -0.05) is 41.4 Å². The van der Waals surface area contributed by atoms with Gasteiger partial charge in [-0.2, -0.15) is 0 Å². The number of ether oxygens (including phenoxy) is 1. The van der Waals surface area contributed by atoms with Crippen LogP contribution in [0.2, 0.25) is 10.2 Å². The lowest BCUT2D eigenvalue weighted by Gasteiger charge is -2.26. The summed E-state index contributed by atoms with van der Waals surface area (Å²) in [6, 6.07) is 13.7. The molecule has 0 aliphatic heterocycles. The number of nitrogens with one attached hydrogen (secondary N) is 1. The Morgan fingerprint density at radius 3 is 2.69 bits per heavy atom. The van der Waals surface area contributed by atoms with Gasteiger partial charge in [0.1, 0.15) is 5.15 Å². The molecule has 1 aromatic heterocycles. The number of nitrogens with zero attached hydrogens (tertiary/aromatic N) is 2. The first-order valence-corrected chi connectivity index (χ1v) is 10.4. The molecule has 4 nitrogen and oxygen atoms in total. The molecule has 2 aromatic carbocycles. The van der Waals surface area contributed by atoms with Crippen molar-refractivity contribution in [3.8, 4) is 0 Å². The maximum absolute atomic E-state index is 6.54. The number of halogens is 2. The molecule has 0 spiro atoms. The highest BCUT2D eigenvalue weighted by molar-refractivity contribution is 7.80. The molecule has 0 atom stereocenters. The van der Waals surface area contributed by atoms with Crippen LogP contribution in [0.3, 0.4) is 0 Å². The molecule has 1 heterocycles. The monoisotopic (exact) mass is 447 g/mol. The summed E-state index contributed by atoms with van der Waals surface area (Å²) >= 11 is 18.3. The Bertz CT molecular complexity index is 1040. The van der Waals surface area contributed by atoms with E-state index in [9.17, 15) is 0 Å². The summed E-state index contributed by atoms with van der Waals surface area (Å²) in [5.41, 5.74) is 5.02. The van der Waals surface area contributed by atoms with Crippen LogP contribution >= 0.6 is 35.4 Å². The normalized spacial score (nSPS) is 10.9. The van der Waals surface area contributed by atoms with E-state index in [1.807, 2.05) is 29.2 Å². The van der Waals surface area contributed by atoms with E-state index >= 15 is 0 Å². The molecule has 3 aromatic rings. The lowest BCUT2D eigenvalue weighted by Crippen LogP contribution is -2.36. The maximum Gasteiger partial charge on any atom is 0.173 e. The van der Waals surface area contributed by atoms with Crippen molar-refractivity contribution in [3.05, 3.63) is 69.3 Å². The molecule has 0 radical (unpaired) electrons. The van der Waals surface area contributed by atoms with E-state index in [1.54, 1.807) is 7.11 Å². The zero-order valence-corrected chi connectivity index (χ0v) is 19.0. The van der Waals surface area contributed by atoms with Crippen LogP contribution in [0.4, 0.5) is 5.69 Å². The summed E-state index contributed by atoms with van der Waals surface area (Å²) in [6.45, 7) is 5.81. The molecule has 0 saturated carbocycles. The van der Waals surface area contributed by atoms with Crippen LogP contribution in [0.5, 0.6) is 0 Å². The molecule has 29 heavy (non-hydrogen) atoms. The second-order valence-corrected chi connectivity index (χ2v) is 8.05. The van der Waals surface area contributed by atoms with Gasteiger partial charge in [0.05, 0.1) is 12.1 Å². The van der Waals surface area contributed by atoms with Crippen molar-refractivity contribution in [2.24, 2.45) is 0 Å². The van der Waals surface area contributed by atoms with Gasteiger partial charge < -0.3 is 15.0 Å². The minimum Gasteiger partial charge on any atom is -0.383 e. The summed E-state index contributed by atoms with van der Waals surface area (Å²) in [4.78, 5) is 6.66. The lowest BCUT2D eigenvalue weighted by atomic mass is 10.0. The van der Waals surface area contributed by atoms with Gasteiger partial charge in [0, 0.05) is 41.9 Å². The number of aromatic nitrogens is 1. The van der Waals surface area contributed by atoms with Crippen molar-refractivity contribution in [3.63, 3.8) is 0 Å². The molecule has 0 amide bonds. The van der Waals surface area contributed by atoms with Crippen LogP contribution in [0.1, 0.15) is 16.7 Å². The number of benzene rings is 2. The van der Waals surface area contributed by atoms with Gasteiger partial charge in [0.25, 0.3) is 0 Å². The Hall–Kier alpha value is -1.92. The molecule has 0 aliphatic rings. The average Bonchev–Trinajstić information content (AvgIpc) is 2.69. The van der Waals surface area contributed by atoms with Crippen LogP contribution in [0.15, 0.2) is 42.5 Å². The van der Waals surface area contributed by atoms with Crippen molar-refractivity contribution in [1.82, 2.24) is 9.88 Å². The zero-order chi connectivity index (χ0) is 21.0. The van der Waals surface area contributed by atoms with Gasteiger partial charge in [0.15, 0.2) is 5.11 Å². The Balaban J connectivity index is 1.87. The summed E-state index contributed by atoms with van der Waals surface area (Å²) < 4.78 is 5.26. The van der Waals surface area contributed by atoms with Crippen LogP contribution < -0.4 is 5.32 Å². The molecule has 0 aliphatic carbocycles. The van der Waals surface area contributed by atoms with Gasteiger partial charge in [-0.3, -0.25) is 0 Å². The molecule has 7 heteroatoms. The fourth-order valence-corrected chi connectivity index (χ4v) is 3.71. The first kappa shape index (κ1) is 21.8. The second kappa shape index (κ2) is 9.72. The summed E-state index contributed by atoms with van der Waals surface area (Å²) in [5.74, 6) is 0. The van der Waals surface area contributed by atoms with E-state index in [1.165, 1.54) is 5.56 Å². The predicted molar refractivity (Wildman–Crippen MR) is 126 cm³/mol. The molecular formula is C22H23Cl2N3OS. The molecule has 3 rings (SSSR count). The smallest absolute Gasteiger partial charge is 0.173 e. The Kier molecular flexibility index (Phi) is 7.30. The highest BCUT2D eigenvalue weighted by atomic mass is 35.5. The number of hydrogen-bond acceptors (Lipinski definition) is 3. The van der Waals surface area contributed by atoms with E-state index in [0.29, 0.717) is 35.0 Å². The zero-order valence-electron chi connectivity index (χ0n) is 16.6. The third kappa shape index (κ3) is 5.37. The molecule has 0 unspecified atom stereocenters. The maximum atomic E-state index is 6.54. The van der Waals surface area contributed by atoms with Crippen molar-refractivity contribution >= 4 is 57.1 Å². The van der Waals surface area contributed by atoms with Crippen molar-refractivity contribution in [2.45, 2.75) is 20.4 Å². The Morgan fingerprint density at radius 1 is 1.17 bits per heavy atom. The molecule has 152 valence electrons. The van der Waals surface area contributed by atoms with Gasteiger partial charge in [-0.15, -0.1) is 0 Å². The third-order valence-corrected chi connectivity index (χ3v) is 5.75. The predicted octanol–water partition coefficient (Wildman–Crippen LogP) is 6.00. The van der Waals surface area contributed by atoms with Gasteiger partial charge in [-0.25, -0.2) is 4.98 Å². The number of aryl methyl sites for hydroxylation is 2. The molecule has 0 bridgehead atoms. The van der Waals surface area contributed by atoms with E-state index < -0.39 is 0 Å². The van der Waals surface area contributed by atoms with Crippen LogP contribution in [-0.2, 0) is 11.3 Å². The largest absolute Gasteiger partial charge is 0.383 e. The van der Waals surface area contributed by atoms with E-state index in [4.69, 9.17) is 40.2 Å². The number of pyridine rings is 1. The minimum atomic E-state index is 0.485. The number of thiocarbonyl (C=S) groups is 1. The van der Waals surface area contributed by atoms with Gasteiger partial charge >= 0.3 is 0 Å². The van der Waals surface area contributed by atoms with Gasteiger partial charge in [0.2, 0.25) is 0 Å². The summed E-state index contributed by atoms with van der Waals surface area (Å²) in [5, 5.41) is 6.00. The third-order valence-electron chi connectivity index (χ3n) is 4.83. The van der Waals surface area contributed by atoms with Crippen LogP contribution in [0, 0.1) is 13.8 Å². The van der Waals surface area contributed by atoms with Crippen molar-refractivity contribution < 1.29 is 4.74 Å². The number of fused-ring (bicyclic) bond motifs is 1. The first-order valence-electron chi connectivity index (χ1n) is 9.25. The fourth-order valence-electron chi connectivity index (χ4n) is 3.04. The molecule has 0 saturated heterocycles. The molecular weight excluding hydrogens is 425 g/mol.